The fourth-order valence-corrected chi connectivity index (χ4v) is 1.71. The summed E-state index contributed by atoms with van der Waals surface area (Å²) in [5, 5.41) is 2.95. The standard InChI is InChI=1S/C15H29NO3/c1-4-5-11-16-12-15(18)19-14(17)10-8-6-7-9-13(2)3/h13,16H,4-12H2,1-3H3. The monoisotopic (exact) mass is 271 g/mol. The molecule has 0 heterocycles. The lowest BCUT2D eigenvalue weighted by molar-refractivity contribution is -0.159. The van der Waals surface area contributed by atoms with Crippen LogP contribution in [0.1, 0.15) is 65.7 Å². The van der Waals surface area contributed by atoms with Crippen LogP contribution < -0.4 is 5.32 Å². The van der Waals surface area contributed by atoms with Crippen LogP contribution in [0.3, 0.4) is 0 Å². The molecule has 0 aliphatic carbocycles. The van der Waals surface area contributed by atoms with Crippen molar-refractivity contribution in [1.82, 2.24) is 5.32 Å². The molecule has 1 N–H and O–H groups in total. The van der Waals surface area contributed by atoms with Crippen LogP contribution in [0.15, 0.2) is 0 Å². The van der Waals surface area contributed by atoms with E-state index in [-0.39, 0.29) is 6.54 Å². The van der Waals surface area contributed by atoms with Crippen LogP contribution in [-0.2, 0) is 14.3 Å². The van der Waals surface area contributed by atoms with Gasteiger partial charge < -0.3 is 10.1 Å². The van der Waals surface area contributed by atoms with Gasteiger partial charge in [0.1, 0.15) is 0 Å². The van der Waals surface area contributed by atoms with Crippen molar-refractivity contribution in [3.8, 4) is 0 Å². The fourth-order valence-electron chi connectivity index (χ4n) is 1.71. The van der Waals surface area contributed by atoms with Crippen LogP contribution in [0.2, 0.25) is 0 Å². The third-order valence-corrected chi connectivity index (χ3v) is 2.87. The normalized spacial score (nSPS) is 10.7. The first-order valence-corrected chi connectivity index (χ1v) is 7.50. The second-order valence-corrected chi connectivity index (χ2v) is 5.37. The number of hydrogen-bond donors (Lipinski definition) is 1. The average molecular weight is 271 g/mol. The highest BCUT2D eigenvalue weighted by molar-refractivity contribution is 5.86. The Morgan fingerprint density at radius 1 is 1.05 bits per heavy atom. The molecule has 0 unspecified atom stereocenters. The molecule has 0 spiro atoms. The van der Waals surface area contributed by atoms with Crippen molar-refractivity contribution in [1.29, 1.82) is 0 Å². The van der Waals surface area contributed by atoms with Crippen LogP contribution >= 0.6 is 0 Å². The highest BCUT2D eigenvalue weighted by atomic mass is 16.6. The summed E-state index contributed by atoms with van der Waals surface area (Å²) < 4.78 is 4.72. The van der Waals surface area contributed by atoms with E-state index >= 15 is 0 Å². The summed E-state index contributed by atoms with van der Waals surface area (Å²) in [6.45, 7) is 7.38. The Bertz CT molecular complexity index is 252. The Morgan fingerprint density at radius 2 is 1.79 bits per heavy atom. The number of hydrogen-bond acceptors (Lipinski definition) is 4. The Kier molecular flexibility index (Phi) is 11.6. The molecule has 0 atom stereocenters. The quantitative estimate of drug-likeness (QED) is 0.356. The van der Waals surface area contributed by atoms with Gasteiger partial charge in [-0.05, 0) is 25.3 Å². The molecule has 4 nitrogen and oxygen atoms in total. The topological polar surface area (TPSA) is 55.4 Å². The molecule has 0 aromatic heterocycles. The number of rotatable bonds is 11. The van der Waals surface area contributed by atoms with Gasteiger partial charge in [-0.25, -0.2) is 0 Å². The van der Waals surface area contributed by atoms with Crippen LogP contribution in [0.25, 0.3) is 0 Å². The van der Waals surface area contributed by atoms with Gasteiger partial charge in [0.15, 0.2) is 0 Å². The Balaban J connectivity index is 3.44. The minimum Gasteiger partial charge on any atom is -0.392 e. The first-order chi connectivity index (χ1) is 9.06. The smallest absolute Gasteiger partial charge is 0.327 e. The van der Waals surface area contributed by atoms with Crippen molar-refractivity contribution in [2.24, 2.45) is 5.92 Å². The van der Waals surface area contributed by atoms with Crippen molar-refractivity contribution in [2.75, 3.05) is 13.1 Å². The molecule has 0 aromatic carbocycles. The maximum atomic E-state index is 11.4. The average Bonchev–Trinajstić information content (AvgIpc) is 2.34. The third kappa shape index (κ3) is 13.3. The molecule has 0 aliphatic heterocycles. The molecule has 112 valence electrons. The van der Waals surface area contributed by atoms with Gasteiger partial charge in [-0.2, -0.15) is 0 Å². The second kappa shape index (κ2) is 12.2. The lowest BCUT2D eigenvalue weighted by Gasteiger charge is -2.05. The van der Waals surface area contributed by atoms with Gasteiger partial charge in [0.25, 0.3) is 0 Å². The van der Waals surface area contributed by atoms with Crippen molar-refractivity contribution in [3.05, 3.63) is 0 Å². The Hall–Kier alpha value is -0.900. The van der Waals surface area contributed by atoms with Gasteiger partial charge in [0.05, 0.1) is 6.54 Å². The molecule has 0 saturated heterocycles. The van der Waals surface area contributed by atoms with Gasteiger partial charge in [0.2, 0.25) is 0 Å². The third-order valence-electron chi connectivity index (χ3n) is 2.87. The summed E-state index contributed by atoms with van der Waals surface area (Å²) in [7, 11) is 0. The molecule has 0 fully saturated rings. The Labute approximate surface area is 117 Å². The van der Waals surface area contributed by atoms with Gasteiger partial charge in [-0.3, -0.25) is 9.59 Å². The maximum absolute atomic E-state index is 11.4. The molecule has 19 heavy (non-hydrogen) atoms. The van der Waals surface area contributed by atoms with E-state index in [1.54, 1.807) is 0 Å². The van der Waals surface area contributed by atoms with E-state index in [0.717, 1.165) is 38.6 Å². The van der Waals surface area contributed by atoms with Crippen molar-refractivity contribution >= 4 is 11.9 Å². The predicted molar refractivity (Wildman–Crippen MR) is 76.8 cm³/mol. The van der Waals surface area contributed by atoms with Gasteiger partial charge in [-0.1, -0.05) is 46.5 Å². The van der Waals surface area contributed by atoms with E-state index in [1.807, 2.05) is 0 Å². The first kappa shape index (κ1) is 18.1. The molecule has 0 bridgehead atoms. The number of carbonyl (C=O) groups is 2. The SMILES string of the molecule is CCCCNCC(=O)OC(=O)CCCCCC(C)C. The van der Waals surface area contributed by atoms with E-state index < -0.39 is 11.9 Å². The van der Waals surface area contributed by atoms with Crippen LogP contribution in [0.4, 0.5) is 0 Å². The fraction of sp³-hybridized carbons (Fsp3) is 0.867. The lowest BCUT2D eigenvalue weighted by atomic mass is 10.0. The Morgan fingerprint density at radius 3 is 2.42 bits per heavy atom. The van der Waals surface area contributed by atoms with E-state index in [9.17, 15) is 9.59 Å². The van der Waals surface area contributed by atoms with E-state index in [1.165, 1.54) is 6.42 Å². The first-order valence-electron chi connectivity index (χ1n) is 7.50. The summed E-state index contributed by atoms with van der Waals surface area (Å²) in [5.74, 6) is -0.155. The number of nitrogens with one attached hydrogen (secondary N) is 1. The van der Waals surface area contributed by atoms with Crippen molar-refractivity contribution in [2.45, 2.75) is 65.7 Å². The zero-order valence-corrected chi connectivity index (χ0v) is 12.7. The van der Waals surface area contributed by atoms with E-state index in [4.69, 9.17) is 4.74 Å². The summed E-state index contributed by atoms with van der Waals surface area (Å²) in [6, 6.07) is 0. The molecule has 0 aliphatic rings. The largest absolute Gasteiger partial charge is 0.392 e. The van der Waals surface area contributed by atoms with Gasteiger partial charge in [0, 0.05) is 6.42 Å². The summed E-state index contributed by atoms with van der Waals surface area (Å²) >= 11 is 0. The van der Waals surface area contributed by atoms with Crippen LogP contribution in [0, 0.1) is 5.92 Å². The van der Waals surface area contributed by atoms with Gasteiger partial charge >= 0.3 is 11.9 Å². The number of unbranched alkanes of at least 4 members (excludes halogenated alkanes) is 3. The number of ether oxygens (including phenoxy) is 1. The molecular weight excluding hydrogens is 242 g/mol. The van der Waals surface area contributed by atoms with Crippen molar-refractivity contribution in [3.63, 3.8) is 0 Å². The van der Waals surface area contributed by atoms with E-state index in [2.05, 4.69) is 26.1 Å². The zero-order valence-electron chi connectivity index (χ0n) is 12.7. The number of carbonyl (C=O) groups excluding carboxylic acids is 2. The second-order valence-electron chi connectivity index (χ2n) is 5.37. The zero-order chi connectivity index (χ0) is 14.5. The molecule has 0 amide bonds. The molecule has 0 radical (unpaired) electrons. The lowest BCUT2D eigenvalue weighted by Crippen LogP contribution is -2.27. The van der Waals surface area contributed by atoms with Crippen LogP contribution in [0.5, 0.6) is 0 Å². The summed E-state index contributed by atoms with van der Waals surface area (Å²) in [6.07, 6.45) is 6.61. The summed E-state index contributed by atoms with van der Waals surface area (Å²) in [4.78, 5) is 22.7. The van der Waals surface area contributed by atoms with Crippen molar-refractivity contribution < 1.29 is 14.3 Å². The molecule has 4 heteroatoms. The highest BCUT2D eigenvalue weighted by Crippen LogP contribution is 2.09. The summed E-state index contributed by atoms with van der Waals surface area (Å²) in [5.41, 5.74) is 0. The minimum absolute atomic E-state index is 0.124. The molecule has 0 rings (SSSR count). The highest BCUT2D eigenvalue weighted by Gasteiger charge is 2.09. The minimum atomic E-state index is -0.469. The maximum Gasteiger partial charge on any atom is 0.327 e. The molecular formula is C15H29NO3. The van der Waals surface area contributed by atoms with Crippen LogP contribution in [-0.4, -0.2) is 25.0 Å². The predicted octanol–water partition coefficient (Wildman–Crippen LogP) is 3.05. The van der Waals surface area contributed by atoms with Gasteiger partial charge in [-0.15, -0.1) is 0 Å². The molecule has 0 saturated carbocycles. The molecule has 0 aromatic rings. The number of esters is 2. The van der Waals surface area contributed by atoms with E-state index in [0.29, 0.717) is 12.3 Å².